The van der Waals surface area contributed by atoms with Crippen LogP contribution in [0.15, 0.2) is 192 Å². The van der Waals surface area contributed by atoms with E-state index in [1.54, 1.807) is 0 Å². The molecule has 0 amide bonds. The minimum absolute atomic E-state index is 0.869. The van der Waals surface area contributed by atoms with Gasteiger partial charge in [-0.25, -0.2) is 0 Å². The second kappa shape index (κ2) is 11.8. The molecular formula is C46H31NO. The fraction of sp³-hybridized carbons (Fsp3) is 0. The molecule has 0 atom stereocenters. The van der Waals surface area contributed by atoms with Gasteiger partial charge in [-0.15, -0.1) is 0 Å². The average molecular weight is 614 g/mol. The molecule has 0 aliphatic carbocycles. The van der Waals surface area contributed by atoms with Crippen LogP contribution < -0.4 is 4.90 Å². The number of para-hydroxylation sites is 2. The number of fused-ring (bicyclic) bond motifs is 4. The molecule has 2 nitrogen and oxygen atoms in total. The summed E-state index contributed by atoms with van der Waals surface area (Å²) < 4.78 is 6.40. The molecule has 0 saturated heterocycles. The third kappa shape index (κ3) is 4.83. The van der Waals surface area contributed by atoms with Gasteiger partial charge >= 0.3 is 0 Å². The maximum absolute atomic E-state index is 6.40. The van der Waals surface area contributed by atoms with Gasteiger partial charge in [-0.3, -0.25) is 0 Å². The van der Waals surface area contributed by atoms with Crippen molar-refractivity contribution in [1.29, 1.82) is 0 Å². The summed E-state index contributed by atoms with van der Waals surface area (Å²) in [6.07, 6.45) is 0. The number of rotatable bonds is 6. The van der Waals surface area contributed by atoms with Crippen LogP contribution in [0.25, 0.3) is 66.1 Å². The van der Waals surface area contributed by atoms with Gasteiger partial charge in [0.25, 0.3) is 0 Å². The lowest BCUT2D eigenvalue weighted by Crippen LogP contribution is -2.11. The third-order valence-corrected chi connectivity index (χ3v) is 9.25. The second-order valence-electron chi connectivity index (χ2n) is 12.1. The summed E-state index contributed by atoms with van der Waals surface area (Å²) >= 11 is 0. The summed E-state index contributed by atoms with van der Waals surface area (Å²) in [6, 6.07) is 66.9. The van der Waals surface area contributed by atoms with Gasteiger partial charge in [0.1, 0.15) is 11.2 Å². The summed E-state index contributed by atoms with van der Waals surface area (Å²) in [5.41, 5.74) is 12.1. The molecule has 0 fully saturated rings. The number of hydrogen-bond acceptors (Lipinski definition) is 2. The Hall–Kier alpha value is -6.38. The van der Waals surface area contributed by atoms with E-state index in [0.717, 1.165) is 55.7 Å². The lowest BCUT2D eigenvalue weighted by atomic mass is 9.94. The van der Waals surface area contributed by atoms with Crippen LogP contribution in [-0.4, -0.2) is 0 Å². The van der Waals surface area contributed by atoms with Gasteiger partial charge in [0.05, 0.1) is 16.8 Å². The van der Waals surface area contributed by atoms with E-state index < -0.39 is 0 Å². The molecule has 8 aromatic carbocycles. The molecular weight excluding hydrogens is 583 g/mol. The van der Waals surface area contributed by atoms with Crippen molar-refractivity contribution in [2.45, 2.75) is 0 Å². The highest BCUT2D eigenvalue weighted by Crippen LogP contribution is 2.46. The van der Waals surface area contributed by atoms with E-state index in [4.69, 9.17) is 4.42 Å². The Bertz CT molecular complexity index is 2570. The van der Waals surface area contributed by atoms with Gasteiger partial charge < -0.3 is 9.32 Å². The predicted molar refractivity (Wildman–Crippen MR) is 202 cm³/mol. The molecule has 0 saturated carbocycles. The Morgan fingerprint density at radius 1 is 0.354 bits per heavy atom. The molecule has 0 N–H and O–H groups in total. The Morgan fingerprint density at radius 3 is 1.85 bits per heavy atom. The summed E-state index contributed by atoms with van der Waals surface area (Å²) in [5.74, 6) is 0. The minimum atomic E-state index is 0.869. The molecule has 0 bridgehead atoms. The van der Waals surface area contributed by atoms with E-state index >= 15 is 0 Å². The Balaban J connectivity index is 1.28. The number of benzene rings is 8. The Kier molecular flexibility index (Phi) is 6.84. The molecule has 0 radical (unpaired) electrons. The van der Waals surface area contributed by atoms with E-state index in [-0.39, 0.29) is 0 Å². The van der Waals surface area contributed by atoms with Gasteiger partial charge in [0.15, 0.2) is 0 Å². The first-order chi connectivity index (χ1) is 23.8. The second-order valence-corrected chi connectivity index (χ2v) is 12.1. The number of anilines is 3. The molecule has 0 aliphatic heterocycles. The van der Waals surface area contributed by atoms with E-state index in [1.807, 2.05) is 12.1 Å². The van der Waals surface area contributed by atoms with Crippen molar-refractivity contribution in [2.75, 3.05) is 4.90 Å². The molecule has 0 unspecified atom stereocenters. The first-order valence-corrected chi connectivity index (χ1v) is 16.4. The molecule has 1 heterocycles. The fourth-order valence-electron chi connectivity index (χ4n) is 7.05. The van der Waals surface area contributed by atoms with Gasteiger partial charge in [0, 0.05) is 16.6 Å². The van der Waals surface area contributed by atoms with Gasteiger partial charge in [-0.05, 0) is 81.1 Å². The van der Waals surface area contributed by atoms with Crippen LogP contribution in [0.3, 0.4) is 0 Å². The molecule has 2 heteroatoms. The normalized spacial score (nSPS) is 11.3. The number of hydrogen-bond donors (Lipinski definition) is 0. The van der Waals surface area contributed by atoms with Crippen LogP contribution in [0.1, 0.15) is 0 Å². The Labute approximate surface area is 279 Å². The minimum Gasteiger partial charge on any atom is -0.456 e. The highest BCUT2D eigenvalue weighted by Gasteiger charge is 2.22. The summed E-state index contributed by atoms with van der Waals surface area (Å²) in [4.78, 5) is 2.40. The molecule has 0 aliphatic rings. The summed E-state index contributed by atoms with van der Waals surface area (Å²) in [6.45, 7) is 0. The average Bonchev–Trinajstić information content (AvgIpc) is 3.55. The van der Waals surface area contributed by atoms with Crippen LogP contribution >= 0.6 is 0 Å². The van der Waals surface area contributed by atoms with E-state index in [1.165, 1.54) is 27.5 Å². The van der Waals surface area contributed by atoms with Crippen LogP contribution in [0.5, 0.6) is 0 Å². The zero-order valence-electron chi connectivity index (χ0n) is 26.3. The van der Waals surface area contributed by atoms with Crippen LogP contribution in [0.4, 0.5) is 17.1 Å². The lowest BCUT2D eigenvalue weighted by molar-refractivity contribution is 0.669. The third-order valence-electron chi connectivity index (χ3n) is 9.25. The van der Waals surface area contributed by atoms with E-state index in [2.05, 4.69) is 181 Å². The summed E-state index contributed by atoms with van der Waals surface area (Å²) in [5, 5.41) is 4.69. The van der Waals surface area contributed by atoms with Crippen molar-refractivity contribution in [3.05, 3.63) is 188 Å². The Morgan fingerprint density at radius 2 is 0.938 bits per heavy atom. The maximum atomic E-state index is 6.40. The largest absolute Gasteiger partial charge is 0.456 e. The smallest absolute Gasteiger partial charge is 0.137 e. The van der Waals surface area contributed by atoms with Gasteiger partial charge in [-0.1, -0.05) is 146 Å². The monoisotopic (exact) mass is 613 g/mol. The first-order valence-electron chi connectivity index (χ1n) is 16.4. The molecule has 0 spiro atoms. The maximum Gasteiger partial charge on any atom is 0.137 e. The molecule has 48 heavy (non-hydrogen) atoms. The summed E-state index contributed by atoms with van der Waals surface area (Å²) in [7, 11) is 0. The van der Waals surface area contributed by atoms with Crippen molar-refractivity contribution in [2.24, 2.45) is 0 Å². The zero-order chi connectivity index (χ0) is 31.9. The fourth-order valence-corrected chi connectivity index (χ4v) is 7.05. The number of nitrogens with zero attached hydrogens (tertiary/aromatic N) is 1. The molecule has 226 valence electrons. The molecule has 9 aromatic rings. The highest BCUT2D eigenvalue weighted by molar-refractivity contribution is 6.14. The standard InChI is InChI=1S/C46H31NO/c1-2-14-32(15-3-1)34-18-11-21-37(31-34)47(43-27-13-29-45-46(43)41-24-7-9-28-44(41)48-45)42-26-8-6-23-40(42)36-20-10-19-35(30-36)39-25-12-17-33-16-4-5-22-38(33)39/h1-31H. The van der Waals surface area contributed by atoms with Crippen LogP contribution in [-0.2, 0) is 0 Å². The predicted octanol–water partition coefficient (Wildman–Crippen LogP) is 13.2. The number of furan rings is 1. The zero-order valence-corrected chi connectivity index (χ0v) is 26.3. The highest BCUT2D eigenvalue weighted by atomic mass is 16.3. The topological polar surface area (TPSA) is 16.4 Å². The lowest BCUT2D eigenvalue weighted by Gasteiger charge is -2.29. The van der Waals surface area contributed by atoms with Gasteiger partial charge in [-0.2, -0.15) is 0 Å². The molecule has 1 aromatic heterocycles. The van der Waals surface area contributed by atoms with Crippen molar-refractivity contribution in [1.82, 2.24) is 0 Å². The van der Waals surface area contributed by atoms with Gasteiger partial charge in [0.2, 0.25) is 0 Å². The van der Waals surface area contributed by atoms with Crippen molar-refractivity contribution >= 4 is 49.8 Å². The van der Waals surface area contributed by atoms with Crippen LogP contribution in [0, 0.1) is 0 Å². The molecule has 9 rings (SSSR count). The quantitative estimate of drug-likeness (QED) is 0.185. The van der Waals surface area contributed by atoms with Crippen molar-refractivity contribution in [3.63, 3.8) is 0 Å². The van der Waals surface area contributed by atoms with E-state index in [0.29, 0.717) is 0 Å². The first kappa shape index (κ1) is 27.9. The van der Waals surface area contributed by atoms with E-state index in [9.17, 15) is 0 Å². The van der Waals surface area contributed by atoms with Crippen molar-refractivity contribution in [3.8, 4) is 33.4 Å². The van der Waals surface area contributed by atoms with Crippen LogP contribution in [0.2, 0.25) is 0 Å². The van der Waals surface area contributed by atoms with Crippen molar-refractivity contribution < 1.29 is 4.42 Å². The SMILES string of the molecule is c1ccc(-c2cccc(N(c3ccccc3-c3cccc(-c4cccc5ccccc45)c3)c3cccc4oc5ccccc5c34)c2)cc1.